The number of hydrogen-bond acceptors (Lipinski definition) is 5. The predicted molar refractivity (Wildman–Crippen MR) is 80.6 cm³/mol. The normalized spacial score (nSPS) is 21.2. The largest absolute Gasteiger partial charge is 0.399 e. The average Bonchev–Trinajstić information content (AvgIpc) is 2.76. The molecule has 1 saturated heterocycles. The van der Waals surface area contributed by atoms with Crippen LogP contribution in [0.2, 0.25) is 0 Å². The van der Waals surface area contributed by atoms with E-state index < -0.39 is 25.9 Å². The van der Waals surface area contributed by atoms with Crippen LogP contribution in [0.3, 0.4) is 0 Å². The quantitative estimate of drug-likeness (QED) is 0.623. The van der Waals surface area contributed by atoms with E-state index in [2.05, 4.69) is 5.92 Å². The number of nitrogen functional groups attached to an aromatic ring is 1. The number of rotatable bonds is 4. The minimum atomic E-state index is -3.84. The van der Waals surface area contributed by atoms with Crippen molar-refractivity contribution in [3.8, 4) is 12.3 Å². The van der Waals surface area contributed by atoms with Crippen molar-refractivity contribution in [1.29, 1.82) is 0 Å². The van der Waals surface area contributed by atoms with Crippen LogP contribution in [0.4, 0.5) is 5.69 Å². The Morgan fingerprint density at radius 1 is 1.33 bits per heavy atom. The van der Waals surface area contributed by atoms with Crippen LogP contribution in [0.15, 0.2) is 29.2 Å². The topological polar surface area (TPSA) is 97.5 Å². The molecule has 21 heavy (non-hydrogen) atoms. The molecule has 0 saturated carbocycles. The summed E-state index contributed by atoms with van der Waals surface area (Å²) in [5.41, 5.74) is 5.99. The van der Waals surface area contributed by atoms with E-state index in [0.29, 0.717) is 5.69 Å². The summed E-state index contributed by atoms with van der Waals surface area (Å²) < 4.78 is 49.5. The first-order valence-electron chi connectivity index (χ1n) is 6.27. The number of nitrogens with two attached hydrogens (primary N) is 1. The van der Waals surface area contributed by atoms with Gasteiger partial charge in [-0.3, -0.25) is 0 Å². The fourth-order valence-electron chi connectivity index (χ4n) is 2.28. The number of terminal acetylenes is 1. The number of anilines is 1. The van der Waals surface area contributed by atoms with Crippen molar-refractivity contribution in [3.05, 3.63) is 24.3 Å². The zero-order valence-corrected chi connectivity index (χ0v) is 12.9. The summed E-state index contributed by atoms with van der Waals surface area (Å²) in [6.07, 6.45) is 5.50. The van der Waals surface area contributed by atoms with E-state index in [1.807, 2.05) is 0 Å². The summed E-state index contributed by atoms with van der Waals surface area (Å²) in [4.78, 5) is 0.0521. The number of hydrogen-bond donors (Lipinski definition) is 1. The maximum atomic E-state index is 12.6. The Morgan fingerprint density at radius 2 is 1.95 bits per heavy atom. The fraction of sp³-hybridized carbons (Fsp3) is 0.385. The van der Waals surface area contributed by atoms with Crippen molar-refractivity contribution in [3.63, 3.8) is 0 Å². The summed E-state index contributed by atoms with van der Waals surface area (Å²) >= 11 is 0. The second-order valence-corrected chi connectivity index (χ2v) is 9.00. The van der Waals surface area contributed by atoms with Crippen LogP contribution >= 0.6 is 0 Å². The summed E-state index contributed by atoms with van der Waals surface area (Å²) in [5, 5.41) is 0. The van der Waals surface area contributed by atoms with Crippen molar-refractivity contribution >= 4 is 25.5 Å². The minimum Gasteiger partial charge on any atom is -0.399 e. The highest BCUT2D eigenvalue weighted by molar-refractivity contribution is 7.92. The molecule has 1 aromatic carbocycles. The Labute approximate surface area is 124 Å². The Balaban J connectivity index is 2.38. The van der Waals surface area contributed by atoms with E-state index in [-0.39, 0.29) is 29.4 Å². The number of nitrogens with zero attached hydrogens (tertiary/aromatic N) is 1. The van der Waals surface area contributed by atoms with Gasteiger partial charge in [-0.1, -0.05) is 5.92 Å². The Kier molecular flexibility index (Phi) is 4.27. The molecule has 1 fully saturated rings. The van der Waals surface area contributed by atoms with Crippen molar-refractivity contribution in [2.24, 2.45) is 0 Å². The van der Waals surface area contributed by atoms with E-state index in [4.69, 9.17) is 12.2 Å². The van der Waals surface area contributed by atoms with Crippen LogP contribution < -0.4 is 5.73 Å². The SMILES string of the molecule is C#CCN(C1CCS(=O)(=O)C1)S(=O)(=O)c1ccc(N)cc1. The molecule has 1 atom stereocenters. The van der Waals surface area contributed by atoms with Crippen LogP contribution in [0.5, 0.6) is 0 Å². The van der Waals surface area contributed by atoms with Crippen LogP contribution in [0.25, 0.3) is 0 Å². The summed E-state index contributed by atoms with van der Waals surface area (Å²) in [6, 6.07) is 5.11. The maximum Gasteiger partial charge on any atom is 0.244 e. The van der Waals surface area contributed by atoms with Gasteiger partial charge in [0.05, 0.1) is 22.9 Å². The number of sulfonamides is 1. The molecule has 1 aliphatic heterocycles. The molecule has 1 heterocycles. The zero-order chi connectivity index (χ0) is 15.7. The average molecular weight is 328 g/mol. The molecule has 1 aliphatic rings. The third-order valence-corrected chi connectivity index (χ3v) is 7.01. The lowest BCUT2D eigenvalue weighted by Gasteiger charge is -2.25. The minimum absolute atomic E-state index is 0.0179. The second-order valence-electron chi connectivity index (χ2n) is 4.88. The van der Waals surface area contributed by atoms with Gasteiger partial charge in [0.15, 0.2) is 9.84 Å². The lowest BCUT2D eigenvalue weighted by molar-refractivity contribution is 0.371. The van der Waals surface area contributed by atoms with E-state index in [9.17, 15) is 16.8 Å². The lowest BCUT2D eigenvalue weighted by Crippen LogP contribution is -2.41. The van der Waals surface area contributed by atoms with Gasteiger partial charge in [-0.15, -0.1) is 6.42 Å². The molecule has 8 heteroatoms. The third-order valence-electron chi connectivity index (χ3n) is 3.35. The van der Waals surface area contributed by atoms with E-state index >= 15 is 0 Å². The molecule has 0 radical (unpaired) electrons. The fourth-order valence-corrected chi connectivity index (χ4v) is 5.67. The molecule has 2 rings (SSSR count). The molecule has 2 N–H and O–H groups in total. The van der Waals surface area contributed by atoms with Crippen molar-refractivity contribution < 1.29 is 16.8 Å². The maximum absolute atomic E-state index is 12.6. The predicted octanol–water partition coefficient (Wildman–Crippen LogP) is 0.0798. The highest BCUT2D eigenvalue weighted by atomic mass is 32.2. The van der Waals surface area contributed by atoms with E-state index in [1.165, 1.54) is 24.3 Å². The summed E-state index contributed by atoms with van der Waals surface area (Å²) in [6.45, 7) is -0.160. The van der Waals surface area contributed by atoms with Crippen LogP contribution in [0.1, 0.15) is 6.42 Å². The van der Waals surface area contributed by atoms with Crippen molar-refractivity contribution in [2.45, 2.75) is 17.4 Å². The molecule has 1 unspecified atom stereocenters. The number of sulfone groups is 1. The molecule has 0 aliphatic carbocycles. The monoisotopic (exact) mass is 328 g/mol. The Morgan fingerprint density at radius 3 is 2.43 bits per heavy atom. The first kappa shape index (κ1) is 15.8. The smallest absolute Gasteiger partial charge is 0.244 e. The van der Waals surface area contributed by atoms with Gasteiger partial charge in [0.1, 0.15) is 0 Å². The van der Waals surface area contributed by atoms with Gasteiger partial charge in [-0.25, -0.2) is 16.8 Å². The second kappa shape index (κ2) is 5.67. The van der Waals surface area contributed by atoms with Gasteiger partial charge in [-0.2, -0.15) is 4.31 Å². The van der Waals surface area contributed by atoms with E-state index in [0.717, 1.165) is 4.31 Å². The van der Waals surface area contributed by atoms with Crippen LogP contribution in [-0.2, 0) is 19.9 Å². The summed E-state index contributed by atoms with van der Waals surface area (Å²) in [7, 11) is -7.05. The standard InChI is InChI=1S/C13H16N2O4S2/c1-2-8-15(12-7-9-20(16,17)10-12)21(18,19)13-5-3-11(14)4-6-13/h1,3-6,12H,7-10,14H2. The van der Waals surface area contributed by atoms with Gasteiger partial charge in [-0.05, 0) is 30.7 Å². The molecule has 0 bridgehead atoms. The molecule has 114 valence electrons. The Bertz CT molecular complexity index is 761. The van der Waals surface area contributed by atoms with Crippen molar-refractivity contribution in [1.82, 2.24) is 4.31 Å². The molecular formula is C13H16N2O4S2. The van der Waals surface area contributed by atoms with Crippen LogP contribution in [-0.4, -0.2) is 45.2 Å². The third kappa shape index (κ3) is 3.37. The van der Waals surface area contributed by atoms with Gasteiger partial charge >= 0.3 is 0 Å². The van der Waals surface area contributed by atoms with Crippen LogP contribution in [0, 0.1) is 12.3 Å². The molecule has 1 aromatic rings. The van der Waals surface area contributed by atoms with Gasteiger partial charge < -0.3 is 5.73 Å². The van der Waals surface area contributed by atoms with Gasteiger partial charge in [0.2, 0.25) is 10.0 Å². The highest BCUT2D eigenvalue weighted by Gasteiger charge is 2.38. The number of benzene rings is 1. The zero-order valence-electron chi connectivity index (χ0n) is 11.3. The summed E-state index contributed by atoms with van der Waals surface area (Å²) in [5.74, 6) is 2.08. The van der Waals surface area contributed by atoms with Crippen molar-refractivity contribution in [2.75, 3.05) is 23.8 Å². The Hall–Kier alpha value is -1.56. The molecular weight excluding hydrogens is 312 g/mol. The van der Waals surface area contributed by atoms with Gasteiger partial charge in [0, 0.05) is 11.7 Å². The molecule has 0 amide bonds. The molecule has 0 spiro atoms. The first-order chi connectivity index (χ1) is 9.76. The first-order valence-corrected chi connectivity index (χ1v) is 9.54. The lowest BCUT2D eigenvalue weighted by atomic mass is 10.3. The molecule has 6 nitrogen and oxygen atoms in total. The van der Waals surface area contributed by atoms with E-state index in [1.54, 1.807) is 0 Å². The molecule has 0 aromatic heterocycles. The van der Waals surface area contributed by atoms with Gasteiger partial charge in [0.25, 0.3) is 0 Å². The highest BCUT2D eigenvalue weighted by Crippen LogP contribution is 2.25.